The summed E-state index contributed by atoms with van der Waals surface area (Å²) in [6, 6.07) is 3.86. The summed E-state index contributed by atoms with van der Waals surface area (Å²) in [6.07, 6.45) is 3.97. The van der Waals surface area contributed by atoms with Crippen LogP contribution in [0.25, 0.3) is 0 Å². The highest BCUT2D eigenvalue weighted by molar-refractivity contribution is 6.31. The molecule has 0 fully saturated rings. The molecule has 3 rings (SSSR count). The molecule has 3 amide bonds. The van der Waals surface area contributed by atoms with Crippen molar-refractivity contribution in [1.82, 2.24) is 0 Å². The molecule has 8 heteroatoms. The zero-order valence-corrected chi connectivity index (χ0v) is 13.4. The Morgan fingerprint density at radius 1 is 1.24 bits per heavy atom. The number of benzene rings is 1. The van der Waals surface area contributed by atoms with Crippen LogP contribution in [0.5, 0.6) is 11.5 Å². The van der Waals surface area contributed by atoms with Crippen LogP contribution in [0.4, 0.5) is 10.5 Å². The molecule has 0 aromatic heterocycles. The lowest BCUT2D eigenvalue weighted by Gasteiger charge is -2.29. The number of carbonyl (C=O) groups is 3. The van der Waals surface area contributed by atoms with E-state index in [-0.39, 0.29) is 22.7 Å². The number of hydrogen-bond donors (Lipinski definition) is 1. The van der Waals surface area contributed by atoms with Gasteiger partial charge in [-0.15, -0.1) is 0 Å². The number of amides is 3. The Hall–Kier alpha value is -3.42. The van der Waals surface area contributed by atoms with E-state index in [4.69, 9.17) is 14.6 Å². The molecule has 1 unspecified atom stereocenters. The Balaban J connectivity index is 2.04. The molecular formula is C17H14N2O6. The molecule has 0 spiro atoms. The molecule has 1 aromatic rings. The summed E-state index contributed by atoms with van der Waals surface area (Å²) in [5, 5.41) is 9.02. The van der Waals surface area contributed by atoms with E-state index >= 15 is 0 Å². The van der Waals surface area contributed by atoms with Crippen LogP contribution in [-0.2, 0) is 9.59 Å². The third kappa shape index (κ3) is 2.78. The number of ether oxygens (including phenoxy) is 2. The van der Waals surface area contributed by atoms with Crippen LogP contribution in [0, 0.1) is 5.92 Å². The van der Waals surface area contributed by atoms with Crippen molar-refractivity contribution in [3.63, 3.8) is 0 Å². The van der Waals surface area contributed by atoms with Gasteiger partial charge in [0.05, 0.1) is 37.1 Å². The van der Waals surface area contributed by atoms with Gasteiger partial charge >= 0.3 is 12.0 Å². The number of fused-ring (bicyclic) bond motifs is 1. The standard InChI is InChI=1S/C17H14N2O6/c1-24-10-4-6-13(14(8-10)25-2)19-15(20)11-5-3-9(16(21)22)7-12(11)18-17(19)23/h3-8,11H,1-2H3,(H,21,22). The summed E-state index contributed by atoms with van der Waals surface area (Å²) in [4.78, 5) is 41.0. The van der Waals surface area contributed by atoms with Gasteiger partial charge in [0, 0.05) is 6.07 Å². The second-order valence-corrected chi connectivity index (χ2v) is 5.27. The van der Waals surface area contributed by atoms with Crippen molar-refractivity contribution in [3.05, 3.63) is 42.0 Å². The summed E-state index contributed by atoms with van der Waals surface area (Å²) in [5.74, 6) is -1.73. The molecule has 1 aliphatic heterocycles. The number of aliphatic carboxylic acids is 1. The molecule has 0 saturated carbocycles. The van der Waals surface area contributed by atoms with E-state index in [2.05, 4.69) is 4.99 Å². The van der Waals surface area contributed by atoms with Crippen molar-refractivity contribution in [2.24, 2.45) is 10.9 Å². The van der Waals surface area contributed by atoms with Crippen molar-refractivity contribution >= 4 is 29.3 Å². The molecule has 1 aliphatic carbocycles. The third-order valence-corrected chi connectivity index (χ3v) is 3.87. The van der Waals surface area contributed by atoms with E-state index in [1.807, 2.05) is 0 Å². The van der Waals surface area contributed by atoms with Gasteiger partial charge in [-0.25, -0.2) is 14.5 Å². The molecule has 1 heterocycles. The van der Waals surface area contributed by atoms with Gasteiger partial charge < -0.3 is 14.6 Å². The van der Waals surface area contributed by atoms with Gasteiger partial charge in [0.25, 0.3) is 0 Å². The minimum Gasteiger partial charge on any atom is -0.497 e. The zero-order chi connectivity index (χ0) is 18.1. The topological polar surface area (TPSA) is 106 Å². The SMILES string of the molecule is COc1ccc(N2C(=O)N=C3C=C(C(=O)O)C=CC3C2=O)c(OC)c1. The first-order chi connectivity index (χ1) is 12.0. The van der Waals surface area contributed by atoms with E-state index in [0.717, 1.165) is 4.90 Å². The maximum Gasteiger partial charge on any atom is 0.355 e. The molecule has 0 radical (unpaired) electrons. The quantitative estimate of drug-likeness (QED) is 0.894. The monoisotopic (exact) mass is 342 g/mol. The first-order valence-corrected chi connectivity index (χ1v) is 7.28. The number of carboxylic acid groups (broad SMARTS) is 1. The molecule has 1 aromatic carbocycles. The number of imide groups is 1. The largest absolute Gasteiger partial charge is 0.497 e. The van der Waals surface area contributed by atoms with Gasteiger partial charge in [-0.1, -0.05) is 12.2 Å². The summed E-state index contributed by atoms with van der Waals surface area (Å²) in [7, 11) is 2.90. The number of carboxylic acids is 1. The summed E-state index contributed by atoms with van der Waals surface area (Å²) in [6.45, 7) is 0. The highest BCUT2D eigenvalue weighted by Crippen LogP contribution is 2.35. The maximum absolute atomic E-state index is 12.8. The van der Waals surface area contributed by atoms with Crippen molar-refractivity contribution in [2.45, 2.75) is 0 Å². The minimum atomic E-state index is -1.16. The number of urea groups is 1. The fraction of sp³-hybridized carbons (Fsp3) is 0.176. The average Bonchev–Trinajstić information content (AvgIpc) is 2.61. The minimum absolute atomic E-state index is 0.0360. The zero-order valence-electron chi connectivity index (χ0n) is 13.4. The summed E-state index contributed by atoms with van der Waals surface area (Å²) in [5.41, 5.74) is 0.312. The number of nitrogens with zero attached hydrogens (tertiary/aromatic N) is 2. The van der Waals surface area contributed by atoms with Crippen molar-refractivity contribution in [2.75, 3.05) is 19.1 Å². The lowest BCUT2D eigenvalue weighted by atomic mass is 9.92. The fourth-order valence-corrected chi connectivity index (χ4v) is 2.62. The second-order valence-electron chi connectivity index (χ2n) is 5.27. The third-order valence-electron chi connectivity index (χ3n) is 3.87. The highest BCUT2D eigenvalue weighted by Gasteiger charge is 2.39. The van der Waals surface area contributed by atoms with Crippen LogP contribution in [0.2, 0.25) is 0 Å². The molecule has 0 bridgehead atoms. The number of hydrogen-bond acceptors (Lipinski definition) is 5. The maximum atomic E-state index is 12.8. The Labute approximate surface area is 142 Å². The Kier molecular flexibility index (Phi) is 4.10. The highest BCUT2D eigenvalue weighted by atomic mass is 16.5. The van der Waals surface area contributed by atoms with E-state index in [1.54, 1.807) is 12.1 Å². The van der Waals surface area contributed by atoms with Crippen molar-refractivity contribution < 1.29 is 29.0 Å². The Morgan fingerprint density at radius 3 is 2.64 bits per heavy atom. The first-order valence-electron chi connectivity index (χ1n) is 7.28. The van der Waals surface area contributed by atoms with Gasteiger partial charge in [-0.2, -0.15) is 4.99 Å². The van der Waals surface area contributed by atoms with Crippen LogP contribution in [-0.4, -0.2) is 42.9 Å². The smallest absolute Gasteiger partial charge is 0.355 e. The normalized spacial score (nSPS) is 19.1. The van der Waals surface area contributed by atoms with Crippen LogP contribution < -0.4 is 14.4 Å². The van der Waals surface area contributed by atoms with Gasteiger partial charge in [-0.3, -0.25) is 4.79 Å². The van der Waals surface area contributed by atoms with Crippen LogP contribution >= 0.6 is 0 Å². The number of methoxy groups -OCH3 is 2. The van der Waals surface area contributed by atoms with E-state index in [9.17, 15) is 14.4 Å². The van der Waals surface area contributed by atoms with E-state index in [0.29, 0.717) is 5.75 Å². The molecule has 1 N–H and O–H groups in total. The first kappa shape index (κ1) is 16.4. The number of allylic oxidation sites excluding steroid dienone is 1. The molecular weight excluding hydrogens is 328 g/mol. The van der Waals surface area contributed by atoms with Crippen molar-refractivity contribution in [1.29, 1.82) is 0 Å². The van der Waals surface area contributed by atoms with Crippen LogP contribution in [0.15, 0.2) is 47.0 Å². The van der Waals surface area contributed by atoms with Crippen LogP contribution in [0.3, 0.4) is 0 Å². The van der Waals surface area contributed by atoms with Gasteiger partial charge in [0.2, 0.25) is 5.91 Å². The summed E-state index contributed by atoms with van der Waals surface area (Å²) < 4.78 is 10.3. The number of rotatable bonds is 4. The Bertz CT molecular complexity index is 868. The van der Waals surface area contributed by atoms with Gasteiger partial charge in [0.15, 0.2) is 0 Å². The lowest BCUT2D eigenvalue weighted by molar-refractivity contribution is -0.132. The number of aliphatic imine (C=N–C) groups is 1. The molecule has 2 aliphatic rings. The molecule has 0 saturated heterocycles. The van der Waals surface area contributed by atoms with Crippen molar-refractivity contribution in [3.8, 4) is 11.5 Å². The second kappa shape index (κ2) is 6.23. The van der Waals surface area contributed by atoms with Gasteiger partial charge in [0.1, 0.15) is 11.5 Å². The molecule has 8 nitrogen and oxygen atoms in total. The van der Waals surface area contributed by atoms with Gasteiger partial charge in [-0.05, 0) is 18.2 Å². The van der Waals surface area contributed by atoms with Crippen LogP contribution in [0.1, 0.15) is 0 Å². The average molecular weight is 342 g/mol. The predicted octanol–water partition coefficient (Wildman–Crippen LogP) is 1.81. The predicted molar refractivity (Wildman–Crippen MR) is 88.2 cm³/mol. The summed E-state index contributed by atoms with van der Waals surface area (Å²) >= 11 is 0. The fourth-order valence-electron chi connectivity index (χ4n) is 2.62. The Morgan fingerprint density at radius 2 is 2.00 bits per heavy atom. The number of carbonyl (C=O) groups excluding carboxylic acids is 2. The lowest BCUT2D eigenvalue weighted by Crippen LogP contribution is -2.46. The number of anilines is 1. The van der Waals surface area contributed by atoms with E-state index in [1.165, 1.54) is 38.5 Å². The van der Waals surface area contributed by atoms with E-state index < -0.39 is 23.8 Å². The molecule has 25 heavy (non-hydrogen) atoms. The molecule has 1 atom stereocenters. The molecule has 128 valence electrons.